The molecule has 2 aromatic rings. The number of hydrogen-bond acceptors (Lipinski definition) is 4. The lowest BCUT2D eigenvalue weighted by Gasteiger charge is -2.34. The molecule has 148 valence electrons. The molecule has 1 amide bonds. The number of carbonyl (C=O) groups is 1. The third kappa shape index (κ3) is 4.41. The molecule has 0 spiro atoms. The lowest BCUT2D eigenvalue weighted by Crippen LogP contribution is -2.41. The maximum atomic E-state index is 12.9. The molecule has 2 aliphatic heterocycles. The second-order valence-corrected chi connectivity index (χ2v) is 7.78. The van der Waals surface area contributed by atoms with Gasteiger partial charge in [0.2, 0.25) is 5.91 Å². The van der Waals surface area contributed by atoms with E-state index in [1.165, 1.54) is 17.7 Å². The van der Waals surface area contributed by atoms with Crippen molar-refractivity contribution in [1.29, 1.82) is 0 Å². The Labute approximate surface area is 164 Å². The lowest BCUT2D eigenvalue weighted by atomic mass is 9.96. The maximum absolute atomic E-state index is 12.9. The number of fused-ring (bicyclic) bond motifs is 1. The fourth-order valence-corrected chi connectivity index (χ4v) is 4.19. The van der Waals surface area contributed by atoms with Gasteiger partial charge in [-0.15, -0.1) is 0 Å². The van der Waals surface area contributed by atoms with Gasteiger partial charge in [-0.1, -0.05) is 24.3 Å². The molecular weight excluding hydrogens is 357 g/mol. The topological polar surface area (TPSA) is 55.8 Å². The predicted molar refractivity (Wildman–Crippen MR) is 106 cm³/mol. The Morgan fingerprint density at radius 3 is 2.54 bits per heavy atom. The summed E-state index contributed by atoms with van der Waals surface area (Å²) in [6.07, 6.45) is 1.53. The first-order valence-corrected chi connectivity index (χ1v) is 9.86. The molecule has 0 aromatic heterocycles. The Hall–Kier alpha value is -2.28. The van der Waals surface area contributed by atoms with Crippen molar-refractivity contribution in [3.05, 3.63) is 65.5 Å². The number of halogens is 1. The van der Waals surface area contributed by atoms with Crippen LogP contribution in [0.3, 0.4) is 0 Å². The smallest absolute Gasteiger partial charge is 0.238 e. The van der Waals surface area contributed by atoms with Crippen LogP contribution in [0.15, 0.2) is 48.5 Å². The summed E-state index contributed by atoms with van der Waals surface area (Å²) >= 11 is 0. The van der Waals surface area contributed by atoms with E-state index in [1.54, 1.807) is 12.1 Å². The van der Waals surface area contributed by atoms with Gasteiger partial charge in [0.15, 0.2) is 0 Å². The number of aliphatic hydroxyl groups is 1. The summed E-state index contributed by atoms with van der Waals surface area (Å²) in [5, 5.41) is 13.4. The molecule has 5 nitrogen and oxygen atoms in total. The van der Waals surface area contributed by atoms with Gasteiger partial charge in [0.05, 0.1) is 6.54 Å². The fourth-order valence-electron chi connectivity index (χ4n) is 4.19. The number of benzene rings is 2. The minimum absolute atomic E-state index is 0.0736. The first kappa shape index (κ1) is 19.1. The number of aliphatic hydroxyl groups excluding tert-OH is 1. The molecule has 1 saturated heterocycles. The minimum atomic E-state index is -0.504. The van der Waals surface area contributed by atoms with E-state index in [2.05, 4.69) is 21.2 Å². The number of amides is 1. The zero-order chi connectivity index (χ0) is 19.5. The summed E-state index contributed by atoms with van der Waals surface area (Å²) in [6, 6.07) is 13.9. The van der Waals surface area contributed by atoms with E-state index in [9.17, 15) is 14.3 Å². The minimum Gasteiger partial charge on any atom is -0.374 e. The highest BCUT2D eigenvalue weighted by Gasteiger charge is 2.31. The number of hydrogen-bond donors (Lipinski definition) is 2. The number of rotatable bonds is 5. The van der Waals surface area contributed by atoms with Crippen molar-refractivity contribution < 1.29 is 14.3 Å². The highest BCUT2D eigenvalue weighted by atomic mass is 19.1. The second kappa shape index (κ2) is 8.39. The Morgan fingerprint density at radius 2 is 1.82 bits per heavy atom. The molecule has 1 fully saturated rings. The zero-order valence-electron chi connectivity index (χ0n) is 15.9. The normalized spacial score (nSPS) is 20.9. The Morgan fingerprint density at radius 1 is 1.11 bits per heavy atom. The van der Waals surface area contributed by atoms with Crippen LogP contribution in [0.4, 0.5) is 10.1 Å². The summed E-state index contributed by atoms with van der Waals surface area (Å²) in [5.74, 6) is 0.141. The Kier molecular flexibility index (Phi) is 5.71. The molecule has 0 bridgehead atoms. The van der Waals surface area contributed by atoms with Gasteiger partial charge >= 0.3 is 0 Å². The van der Waals surface area contributed by atoms with Crippen molar-refractivity contribution in [3.8, 4) is 0 Å². The van der Waals surface area contributed by atoms with Crippen LogP contribution in [0.25, 0.3) is 0 Å². The third-order valence-electron chi connectivity index (χ3n) is 5.75. The Balaban J connectivity index is 1.22. The number of nitrogens with zero attached hydrogens (tertiary/aromatic N) is 2. The maximum Gasteiger partial charge on any atom is 0.238 e. The third-order valence-corrected chi connectivity index (χ3v) is 5.75. The van der Waals surface area contributed by atoms with Crippen LogP contribution in [0.1, 0.15) is 30.2 Å². The van der Waals surface area contributed by atoms with Crippen LogP contribution >= 0.6 is 0 Å². The van der Waals surface area contributed by atoms with Crippen LogP contribution < -0.4 is 5.32 Å². The molecule has 2 heterocycles. The molecule has 2 aromatic carbocycles. The average Bonchev–Trinajstić information content (AvgIpc) is 3.01. The van der Waals surface area contributed by atoms with E-state index in [-0.39, 0.29) is 11.7 Å². The van der Waals surface area contributed by atoms with Crippen LogP contribution in [0.2, 0.25) is 0 Å². The van der Waals surface area contributed by atoms with Gasteiger partial charge in [-0.05, 0) is 67.2 Å². The van der Waals surface area contributed by atoms with Gasteiger partial charge in [-0.3, -0.25) is 14.6 Å². The fraction of sp³-hybridized carbons (Fsp3) is 0.409. The Bertz CT molecular complexity index is 819. The summed E-state index contributed by atoms with van der Waals surface area (Å²) in [7, 11) is 0. The molecule has 2 aliphatic rings. The summed E-state index contributed by atoms with van der Waals surface area (Å²) in [6.45, 7) is 3.78. The largest absolute Gasteiger partial charge is 0.374 e. The first-order valence-electron chi connectivity index (χ1n) is 9.86. The van der Waals surface area contributed by atoms with Crippen molar-refractivity contribution in [1.82, 2.24) is 9.80 Å². The first-order chi connectivity index (χ1) is 13.6. The van der Waals surface area contributed by atoms with Gasteiger partial charge in [-0.25, -0.2) is 4.39 Å². The second-order valence-electron chi connectivity index (χ2n) is 7.78. The van der Waals surface area contributed by atoms with Crippen LogP contribution in [-0.2, 0) is 11.3 Å². The number of carbonyl (C=O) groups excluding carboxylic acids is 1. The summed E-state index contributed by atoms with van der Waals surface area (Å²) in [5.41, 5.74) is 2.85. The van der Waals surface area contributed by atoms with E-state index in [0.29, 0.717) is 18.2 Å². The lowest BCUT2D eigenvalue weighted by molar-refractivity contribution is -0.117. The van der Waals surface area contributed by atoms with Crippen LogP contribution in [-0.4, -0.2) is 47.0 Å². The van der Waals surface area contributed by atoms with Crippen molar-refractivity contribution in [3.63, 3.8) is 0 Å². The molecule has 2 N–H and O–H groups in total. The van der Waals surface area contributed by atoms with Gasteiger partial charge in [0, 0.05) is 18.8 Å². The molecule has 0 aliphatic carbocycles. The van der Waals surface area contributed by atoms with Gasteiger partial charge in [-0.2, -0.15) is 0 Å². The van der Waals surface area contributed by atoms with Gasteiger partial charge in [0.25, 0.3) is 0 Å². The number of nitrogens with one attached hydrogen (secondary N) is 1. The highest BCUT2D eigenvalue weighted by Crippen LogP contribution is 2.33. The highest BCUT2D eigenvalue weighted by molar-refractivity contribution is 5.92. The molecule has 1 unspecified atom stereocenters. The molecule has 1 atom stereocenters. The van der Waals surface area contributed by atoms with Crippen molar-refractivity contribution in [2.24, 2.45) is 5.92 Å². The standard InChI is InChI=1S/C22H26FN3O2/c23-18-5-7-19(8-6-18)24-21(27)15-25-11-9-16(10-12-25)13-26-14-17-3-1-2-4-20(17)22(26)28/h1-8,16,22,28H,9-15H2,(H,24,27). The predicted octanol–water partition coefficient (Wildman–Crippen LogP) is 2.98. The van der Waals surface area contributed by atoms with E-state index < -0.39 is 6.23 Å². The van der Waals surface area contributed by atoms with Crippen molar-refractivity contribution in [2.75, 3.05) is 31.5 Å². The average molecular weight is 383 g/mol. The number of likely N-dealkylation sites (tertiary alicyclic amines) is 1. The molecular formula is C22H26FN3O2. The van der Waals surface area contributed by atoms with E-state index in [0.717, 1.165) is 44.6 Å². The molecule has 4 rings (SSSR count). The SMILES string of the molecule is O=C(CN1CCC(CN2Cc3ccccc3C2O)CC1)Nc1ccc(F)cc1. The van der Waals surface area contributed by atoms with E-state index in [4.69, 9.17) is 0 Å². The molecule has 0 saturated carbocycles. The number of anilines is 1. The monoisotopic (exact) mass is 383 g/mol. The number of piperidine rings is 1. The van der Waals surface area contributed by atoms with Crippen molar-refractivity contribution >= 4 is 11.6 Å². The van der Waals surface area contributed by atoms with Crippen LogP contribution in [0, 0.1) is 11.7 Å². The van der Waals surface area contributed by atoms with E-state index >= 15 is 0 Å². The van der Waals surface area contributed by atoms with E-state index in [1.807, 2.05) is 18.2 Å². The molecule has 6 heteroatoms. The van der Waals surface area contributed by atoms with Crippen LogP contribution in [0.5, 0.6) is 0 Å². The van der Waals surface area contributed by atoms with Crippen molar-refractivity contribution in [2.45, 2.75) is 25.6 Å². The molecule has 0 radical (unpaired) electrons. The molecule has 28 heavy (non-hydrogen) atoms. The summed E-state index contributed by atoms with van der Waals surface area (Å²) in [4.78, 5) is 16.5. The van der Waals surface area contributed by atoms with Gasteiger partial charge in [0.1, 0.15) is 12.0 Å². The van der Waals surface area contributed by atoms with Gasteiger partial charge < -0.3 is 10.4 Å². The summed E-state index contributed by atoms with van der Waals surface area (Å²) < 4.78 is 12.9. The quantitative estimate of drug-likeness (QED) is 0.834. The zero-order valence-corrected chi connectivity index (χ0v) is 15.9.